The molecule has 2 N–H and O–H groups in total. The second-order valence-corrected chi connectivity index (χ2v) is 4.66. The van der Waals surface area contributed by atoms with Gasteiger partial charge in [0.1, 0.15) is 5.69 Å². The highest BCUT2D eigenvalue weighted by molar-refractivity contribution is 5.92. The number of halogens is 3. The zero-order chi connectivity index (χ0) is 17.0. The number of carbonyl (C=O) groups excluding carboxylic acids is 1. The maximum atomic E-state index is 12.4. The molecule has 0 fully saturated rings. The van der Waals surface area contributed by atoms with E-state index >= 15 is 0 Å². The number of anilines is 1. The first-order valence-electron chi connectivity index (χ1n) is 6.41. The van der Waals surface area contributed by atoms with E-state index in [-0.39, 0.29) is 12.1 Å². The fourth-order valence-corrected chi connectivity index (χ4v) is 1.80. The predicted molar refractivity (Wildman–Crippen MR) is 75.0 cm³/mol. The fourth-order valence-electron chi connectivity index (χ4n) is 1.80. The predicted octanol–water partition coefficient (Wildman–Crippen LogP) is 2.98. The van der Waals surface area contributed by atoms with Crippen LogP contribution < -0.4 is 5.32 Å². The first kappa shape index (κ1) is 16.5. The average Bonchev–Trinajstić information content (AvgIpc) is 2.47. The number of benzene rings is 1. The SMILES string of the molecule is O=C(Cc1ccc(C(F)(F)F)cc1)Nc1ccc(C(=O)O)nc1. The number of carboxylic acids is 1. The number of nitrogens with one attached hydrogen (secondary N) is 1. The highest BCUT2D eigenvalue weighted by Crippen LogP contribution is 2.29. The Bertz CT molecular complexity index is 710. The van der Waals surface area contributed by atoms with Crippen molar-refractivity contribution in [2.75, 3.05) is 5.32 Å². The Balaban J connectivity index is 1.98. The van der Waals surface area contributed by atoms with Crippen molar-refractivity contribution in [2.24, 2.45) is 0 Å². The van der Waals surface area contributed by atoms with Crippen LogP contribution >= 0.6 is 0 Å². The third kappa shape index (κ3) is 4.53. The Morgan fingerprint density at radius 1 is 1.09 bits per heavy atom. The summed E-state index contributed by atoms with van der Waals surface area (Å²) in [6.07, 6.45) is -3.34. The third-order valence-corrected chi connectivity index (χ3v) is 2.91. The van der Waals surface area contributed by atoms with Gasteiger partial charge in [0.05, 0.1) is 23.9 Å². The molecular formula is C15H11F3N2O3. The first-order chi connectivity index (χ1) is 10.8. The Kier molecular flexibility index (Phi) is 4.63. The molecule has 0 aliphatic rings. The molecule has 0 aliphatic heterocycles. The van der Waals surface area contributed by atoms with Gasteiger partial charge in [0.15, 0.2) is 0 Å². The second-order valence-electron chi connectivity index (χ2n) is 4.66. The number of hydrogen-bond donors (Lipinski definition) is 2. The number of carboxylic acid groups (broad SMARTS) is 1. The standard InChI is InChI=1S/C15H11F3N2O3/c16-15(17,18)10-3-1-9(2-4-10)7-13(21)20-11-5-6-12(14(22)23)19-8-11/h1-6,8H,7H2,(H,20,21)(H,22,23). The van der Waals surface area contributed by atoms with Crippen molar-refractivity contribution < 1.29 is 27.9 Å². The number of alkyl halides is 3. The van der Waals surface area contributed by atoms with Crippen LogP contribution in [0, 0.1) is 0 Å². The smallest absolute Gasteiger partial charge is 0.416 e. The van der Waals surface area contributed by atoms with Crippen molar-refractivity contribution in [3.8, 4) is 0 Å². The van der Waals surface area contributed by atoms with Crippen LogP contribution in [0.5, 0.6) is 0 Å². The Morgan fingerprint density at radius 3 is 2.22 bits per heavy atom. The summed E-state index contributed by atoms with van der Waals surface area (Å²) in [6, 6.07) is 6.89. The number of aromatic carboxylic acids is 1. The van der Waals surface area contributed by atoms with Crippen molar-refractivity contribution >= 4 is 17.6 Å². The average molecular weight is 324 g/mol. The number of nitrogens with zero attached hydrogens (tertiary/aromatic N) is 1. The maximum absolute atomic E-state index is 12.4. The van der Waals surface area contributed by atoms with Crippen molar-refractivity contribution in [3.63, 3.8) is 0 Å². The van der Waals surface area contributed by atoms with E-state index in [1.54, 1.807) is 0 Å². The number of hydrogen-bond acceptors (Lipinski definition) is 3. The molecule has 2 aromatic rings. The second kappa shape index (κ2) is 6.47. The Morgan fingerprint density at radius 2 is 1.74 bits per heavy atom. The molecule has 0 bridgehead atoms. The molecular weight excluding hydrogens is 313 g/mol. The zero-order valence-corrected chi connectivity index (χ0v) is 11.6. The molecule has 8 heteroatoms. The summed E-state index contributed by atoms with van der Waals surface area (Å²) < 4.78 is 37.3. The van der Waals surface area contributed by atoms with Gasteiger partial charge in [-0.3, -0.25) is 4.79 Å². The van der Waals surface area contributed by atoms with E-state index in [2.05, 4.69) is 10.3 Å². The number of aromatic nitrogens is 1. The van der Waals surface area contributed by atoms with Crippen LogP contribution in [0.15, 0.2) is 42.6 Å². The molecule has 2 rings (SSSR count). The van der Waals surface area contributed by atoms with Gasteiger partial charge >= 0.3 is 12.1 Å². The van der Waals surface area contributed by atoms with Crippen molar-refractivity contribution in [1.82, 2.24) is 4.98 Å². The van der Waals surface area contributed by atoms with Crippen molar-refractivity contribution in [1.29, 1.82) is 0 Å². The Labute approximate surface area is 128 Å². The summed E-state index contributed by atoms with van der Waals surface area (Å²) in [5.41, 5.74) is -0.224. The summed E-state index contributed by atoms with van der Waals surface area (Å²) in [4.78, 5) is 26.1. The molecule has 23 heavy (non-hydrogen) atoms. The van der Waals surface area contributed by atoms with E-state index in [9.17, 15) is 22.8 Å². The molecule has 0 spiro atoms. The van der Waals surface area contributed by atoms with E-state index in [1.807, 2.05) is 0 Å². The maximum Gasteiger partial charge on any atom is 0.416 e. The van der Waals surface area contributed by atoms with E-state index < -0.39 is 23.6 Å². The largest absolute Gasteiger partial charge is 0.477 e. The van der Waals surface area contributed by atoms with Crippen LogP contribution in [0.2, 0.25) is 0 Å². The molecule has 0 unspecified atom stereocenters. The van der Waals surface area contributed by atoms with Crippen LogP contribution in [0.4, 0.5) is 18.9 Å². The van der Waals surface area contributed by atoms with Crippen molar-refractivity contribution in [3.05, 3.63) is 59.4 Å². The van der Waals surface area contributed by atoms with E-state index in [1.165, 1.54) is 30.5 Å². The van der Waals surface area contributed by atoms with Crippen LogP contribution in [-0.2, 0) is 17.4 Å². The summed E-state index contributed by atoms with van der Waals surface area (Å²) in [5.74, 6) is -1.64. The molecule has 1 amide bonds. The summed E-state index contributed by atoms with van der Waals surface area (Å²) in [6.45, 7) is 0. The van der Waals surface area contributed by atoms with Gasteiger partial charge in [-0.2, -0.15) is 13.2 Å². The number of rotatable bonds is 4. The van der Waals surface area contributed by atoms with Gasteiger partial charge in [-0.15, -0.1) is 0 Å². The topological polar surface area (TPSA) is 79.3 Å². The molecule has 0 aliphatic carbocycles. The molecule has 5 nitrogen and oxygen atoms in total. The summed E-state index contributed by atoms with van der Waals surface area (Å²) in [5, 5.41) is 11.2. The monoisotopic (exact) mass is 324 g/mol. The minimum absolute atomic E-state index is 0.112. The molecule has 0 atom stereocenters. The minimum atomic E-state index is -4.42. The van der Waals surface area contributed by atoms with Crippen LogP contribution in [0.3, 0.4) is 0 Å². The summed E-state index contributed by atoms with van der Waals surface area (Å²) in [7, 11) is 0. The first-order valence-corrected chi connectivity index (χ1v) is 6.41. The number of pyridine rings is 1. The minimum Gasteiger partial charge on any atom is -0.477 e. The van der Waals surface area contributed by atoms with Gasteiger partial charge in [-0.1, -0.05) is 12.1 Å². The van der Waals surface area contributed by atoms with Gasteiger partial charge in [-0.05, 0) is 29.8 Å². The number of amides is 1. The van der Waals surface area contributed by atoms with E-state index in [4.69, 9.17) is 5.11 Å². The lowest BCUT2D eigenvalue weighted by Gasteiger charge is -2.08. The van der Waals surface area contributed by atoms with Crippen LogP contribution in [0.1, 0.15) is 21.6 Å². The molecule has 0 saturated carbocycles. The number of carbonyl (C=O) groups is 2. The molecule has 1 aromatic heterocycles. The lowest BCUT2D eigenvalue weighted by atomic mass is 10.1. The van der Waals surface area contributed by atoms with Crippen LogP contribution in [-0.4, -0.2) is 22.0 Å². The lowest BCUT2D eigenvalue weighted by Crippen LogP contribution is -2.15. The Hall–Kier alpha value is -2.90. The summed E-state index contributed by atoms with van der Waals surface area (Å²) >= 11 is 0. The van der Waals surface area contributed by atoms with Crippen molar-refractivity contribution in [2.45, 2.75) is 12.6 Å². The quantitative estimate of drug-likeness (QED) is 0.906. The van der Waals surface area contributed by atoms with Crippen LogP contribution in [0.25, 0.3) is 0 Å². The molecule has 0 radical (unpaired) electrons. The fraction of sp³-hybridized carbons (Fsp3) is 0.133. The van der Waals surface area contributed by atoms with Gasteiger partial charge in [0.25, 0.3) is 0 Å². The molecule has 1 aromatic carbocycles. The molecule has 120 valence electrons. The van der Waals surface area contributed by atoms with Gasteiger partial charge < -0.3 is 10.4 Å². The third-order valence-electron chi connectivity index (χ3n) is 2.91. The van der Waals surface area contributed by atoms with Gasteiger partial charge in [0, 0.05) is 0 Å². The highest BCUT2D eigenvalue weighted by Gasteiger charge is 2.29. The van der Waals surface area contributed by atoms with Gasteiger partial charge in [0.2, 0.25) is 5.91 Å². The molecule has 1 heterocycles. The van der Waals surface area contributed by atoms with E-state index in [0.29, 0.717) is 11.3 Å². The normalized spacial score (nSPS) is 11.1. The van der Waals surface area contributed by atoms with Gasteiger partial charge in [-0.25, -0.2) is 9.78 Å². The zero-order valence-electron chi connectivity index (χ0n) is 11.6. The lowest BCUT2D eigenvalue weighted by molar-refractivity contribution is -0.137. The highest BCUT2D eigenvalue weighted by atomic mass is 19.4. The van der Waals surface area contributed by atoms with E-state index in [0.717, 1.165) is 12.1 Å². The molecule has 0 saturated heterocycles.